The zero-order chi connectivity index (χ0) is 12.5. The highest BCUT2D eigenvalue weighted by molar-refractivity contribution is 9.09. The van der Waals surface area contributed by atoms with Crippen molar-refractivity contribution >= 4 is 26.0 Å². The Hall–Kier alpha value is -0.460. The second kappa shape index (κ2) is 5.04. The summed E-state index contributed by atoms with van der Waals surface area (Å²) in [6.07, 6.45) is 1.74. The molecule has 94 valence electrons. The van der Waals surface area contributed by atoms with E-state index in [2.05, 4.69) is 15.9 Å². The fourth-order valence-electron chi connectivity index (χ4n) is 1.90. The van der Waals surface area contributed by atoms with Crippen LogP contribution in [0.1, 0.15) is 12.8 Å². The summed E-state index contributed by atoms with van der Waals surface area (Å²) in [6.45, 7) is 0.857. The fraction of sp³-hybridized carbons (Fsp3) is 0.455. The molecule has 1 atom stereocenters. The second-order valence-electron chi connectivity index (χ2n) is 4.03. The van der Waals surface area contributed by atoms with Gasteiger partial charge in [-0.05, 0) is 25.0 Å². The Morgan fingerprint density at radius 3 is 2.71 bits per heavy atom. The lowest BCUT2D eigenvalue weighted by Gasteiger charge is -2.29. The van der Waals surface area contributed by atoms with Crippen LogP contribution in [0.4, 0.5) is 4.39 Å². The van der Waals surface area contributed by atoms with Gasteiger partial charge in [-0.3, -0.25) is 0 Å². The standard InChI is InChI=1S/C11H13BrFNO2S/c12-9-4-3-7-14(8-9)17(15,16)11-6-2-1-5-10(11)13/h1-2,5-6,9H,3-4,7-8H2. The predicted molar refractivity (Wildman–Crippen MR) is 67.1 cm³/mol. The zero-order valence-corrected chi connectivity index (χ0v) is 11.5. The van der Waals surface area contributed by atoms with E-state index in [1.165, 1.54) is 28.6 Å². The monoisotopic (exact) mass is 321 g/mol. The minimum atomic E-state index is -3.70. The van der Waals surface area contributed by atoms with E-state index in [1.54, 1.807) is 0 Å². The van der Waals surface area contributed by atoms with Crippen LogP contribution in [0.2, 0.25) is 0 Å². The van der Waals surface area contributed by atoms with Gasteiger partial charge in [0.15, 0.2) is 0 Å². The molecule has 0 bridgehead atoms. The number of hydrogen-bond acceptors (Lipinski definition) is 2. The highest BCUT2D eigenvalue weighted by atomic mass is 79.9. The van der Waals surface area contributed by atoms with Crippen molar-refractivity contribution in [2.45, 2.75) is 22.6 Å². The molecule has 0 aromatic heterocycles. The van der Waals surface area contributed by atoms with Gasteiger partial charge in [-0.25, -0.2) is 12.8 Å². The van der Waals surface area contributed by atoms with Crippen LogP contribution in [0.25, 0.3) is 0 Å². The number of nitrogens with zero attached hydrogens (tertiary/aromatic N) is 1. The summed E-state index contributed by atoms with van der Waals surface area (Å²) in [4.78, 5) is -0.0839. The first-order valence-corrected chi connectivity index (χ1v) is 7.76. The van der Waals surface area contributed by atoms with Crippen molar-refractivity contribution in [1.82, 2.24) is 4.31 Å². The van der Waals surface area contributed by atoms with Gasteiger partial charge >= 0.3 is 0 Å². The topological polar surface area (TPSA) is 37.4 Å². The molecule has 1 unspecified atom stereocenters. The van der Waals surface area contributed by atoms with Crippen LogP contribution in [0.5, 0.6) is 0 Å². The number of halogens is 2. The van der Waals surface area contributed by atoms with Crippen molar-refractivity contribution in [2.24, 2.45) is 0 Å². The average molecular weight is 322 g/mol. The number of rotatable bonds is 2. The first-order chi connectivity index (χ1) is 8.01. The number of hydrogen-bond donors (Lipinski definition) is 0. The Labute approximate surface area is 109 Å². The van der Waals surface area contributed by atoms with E-state index in [9.17, 15) is 12.8 Å². The molecule has 0 radical (unpaired) electrons. The van der Waals surface area contributed by atoms with Crippen LogP contribution in [-0.2, 0) is 10.0 Å². The summed E-state index contributed by atoms with van der Waals surface area (Å²) in [5.74, 6) is -0.691. The van der Waals surface area contributed by atoms with Crippen LogP contribution >= 0.6 is 15.9 Å². The molecule has 1 saturated heterocycles. The number of benzene rings is 1. The van der Waals surface area contributed by atoms with Crippen LogP contribution in [-0.4, -0.2) is 30.6 Å². The summed E-state index contributed by atoms with van der Waals surface area (Å²) in [6, 6.07) is 5.49. The number of piperidine rings is 1. The van der Waals surface area contributed by atoms with Gasteiger partial charge in [-0.2, -0.15) is 4.31 Å². The SMILES string of the molecule is O=S(=O)(c1ccccc1F)N1CCCC(Br)C1. The highest BCUT2D eigenvalue weighted by Gasteiger charge is 2.30. The zero-order valence-electron chi connectivity index (χ0n) is 9.14. The Kier molecular flexibility index (Phi) is 3.85. The maximum atomic E-state index is 13.5. The maximum Gasteiger partial charge on any atom is 0.246 e. The van der Waals surface area contributed by atoms with Crippen LogP contribution in [0.15, 0.2) is 29.2 Å². The van der Waals surface area contributed by atoms with Crippen molar-refractivity contribution in [3.63, 3.8) is 0 Å². The Bertz CT molecular complexity index is 506. The second-order valence-corrected chi connectivity index (χ2v) is 7.23. The van der Waals surface area contributed by atoms with Gasteiger partial charge < -0.3 is 0 Å². The molecule has 1 aromatic carbocycles. The van der Waals surface area contributed by atoms with E-state index >= 15 is 0 Å². The molecule has 2 rings (SSSR count). The van der Waals surface area contributed by atoms with Crippen molar-refractivity contribution in [1.29, 1.82) is 0 Å². The molecule has 1 fully saturated rings. The normalized spacial score (nSPS) is 22.6. The van der Waals surface area contributed by atoms with E-state index < -0.39 is 15.8 Å². The summed E-state index contributed by atoms with van der Waals surface area (Å²) in [5.41, 5.74) is 0. The van der Waals surface area contributed by atoms with Crippen LogP contribution in [0.3, 0.4) is 0 Å². The lowest BCUT2D eigenvalue weighted by atomic mass is 10.2. The van der Waals surface area contributed by atoms with Crippen molar-refractivity contribution < 1.29 is 12.8 Å². The van der Waals surface area contributed by atoms with Crippen LogP contribution < -0.4 is 0 Å². The van der Waals surface area contributed by atoms with Crippen molar-refractivity contribution in [3.05, 3.63) is 30.1 Å². The minimum absolute atomic E-state index is 0.151. The van der Waals surface area contributed by atoms with Gasteiger partial charge in [0, 0.05) is 17.9 Å². The molecule has 0 saturated carbocycles. The third-order valence-electron chi connectivity index (χ3n) is 2.78. The molecule has 0 spiro atoms. The van der Waals surface area contributed by atoms with Crippen LogP contribution in [0, 0.1) is 5.82 Å². The fourth-order valence-corrected chi connectivity index (χ4v) is 4.36. The molecule has 0 amide bonds. The van der Waals surface area contributed by atoms with Crippen molar-refractivity contribution in [2.75, 3.05) is 13.1 Å². The summed E-state index contributed by atoms with van der Waals surface area (Å²) < 4.78 is 39.3. The van der Waals surface area contributed by atoms with Crippen molar-refractivity contribution in [3.8, 4) is 0 Å². The molecule has 3 nitrogen and oxygen atoms in total. The Morgan fingerprint density at radius 1 is 1.35 bits per heavy atom. The third kappa shape index (κ3) is 2.69. The van der Waals surface area contributed by atoms with E-state index in [4.69, 9.17) is 0 Å². The Morgan fingerprint density at radius 2 is 2.06 bits per heavy atom. The molecular weight excluding hydrogens is 309 g/mol. The van der Waals surface area contributed by atoms with Gasteiger partial charge in [0.1, 0.15) is 10.7 Å². The summed E-state index contributed by atoms with van der Waals surface area (Å²) in [5, 5.41) is 0. The van der Waals surface area contributed by atoms with Gasteiger partial charge in [0.05, 0.1) is 0 Å². The van der Waals surface area contributed by atoms with E-state index in [0.29, 0.717) is 13.1 Å². The molecule has 17 heavy (non-hydrogen) atoms. The number of sulfonamides is 1. The van der Waals surface area contributed by atoms with Gasteiger partial charge in [0.2, 0.25) is 10.0 Å². The molecule has 1 heterocycles. The lowest BCUT2D eigenvalue weighted by Crippen LogP contribution is -2.40. The summed E-state index contributed by atoms with van der Waals surface area (Å²) in [7, 11) is -3.70. The quantitative estimate of drug-likeness (QED) is 0.784. The average Bonchev–Trinajstić information content (AvgIpc) is 2.29. The lowest BCUT2D eigenvalue weighted by molar-refractivity contribution is 0.354. The largest absolute Gasteiger partial charge is 0.246 e. The first kappa shape index (κ1) is 13.0. The Balaban J connectivity index is 2.33. The maximum absolute atomic E-state index is 13.5. The van der Waals surface area contributed by atoms with E-state index in [0.717, 1.165) is 12.8 Å². The molecule has 0 N–H and O–H groups in total. The van der Waals surface area contributed by atoms with Gasteiger partial charge in [0.25, 0.3) is 0 Å². The molecule has 0 aliphatic carbocycles. The van der Waals surface area contributed by atoms with Gasteiger partial charge in [-0.1, -0.05) is 28.1 Å². The molecular formula is C11H13BrFNO2S. The molecule has 1 aliphatic heterocycles. The highest BCUT2D eigenvalue weighted by Crippen LogP contribution is 2.25. The predicted octanol–water partition coefficient (Wildman–Crippen LogP) is 2.37. The van der Waals surface area contributed by atoms with Gasteiger partial charge in [-0.15, -0.1) is 0 Å². The molecule has 1 aromatic rings. The minimum Gasteiger partial charge on any atom is -0.207 e. The molecule has 6 heteroatoms. The first-order valence-electron chi connectivity index (χ1n) is 5.40. The summed E-state index contributed by atoms with van der Waals surface area (Å²) >= 11 is 3.41. The van der Waals surface area contributed by atoms with E-state index in [1.807, 2.05) is 0 Å². The third-order valence-corrected chi connectivity index (χ3v) is 5.43. The number of alkyl halides is 1. The smallest absolute Gasteiger partial charge is 0.207 e. The van der Waals surface area contributed by atoms with E-state index in [-0.39, 0.29) is 9.72 Å². The molecule has 1 aliphatic rings.